The van der Waals surface area contributed by atoms with Gasteiger partial charge in [-0.1, -0.05) is 37.3 Å². The average molecular weight is 309 g/mol. The quantitative estimate of drug-likeness (QED) is 0.644. The van der Waals surface area contributed by atoms with Crippen molar-refractivity contribution in [3.05, 3.63) is 41.1 Å². The van der Waals surface area contributed by atoms with Crippen LogP contribution in [0.25, 0.3) is 5.57 Å². The zero-order valence-electron chi connectivity index (χ0n) is 12.9. The molecule has 1 aromatic rings. The Hall–Kier alpha value is -1.18. The summed E-state index contributed by atoms with van der Waals surface area (Å²) in [5, 5.41) is 10.6. The van der Waals surface area contributed by atoms with Crippen LogP contribution < -0.4 is 0 Å². The largest absolute Gasteiger partial charge is 0.478 e. The van der Waals surface area contributed by atoms with Gasteiger partial charge in [0.25, 0.3) is 0 Å². The minimum atomic E-state index is -2.14. The van der Waals surface area contributed by atoms with E-state index in [9.17, 15) is 9.90 Å². The molecular weight excluding hydrogens is 284 g/mol. The molecular formula is C15H24O3Si2. The van der Waals surface area contributed by atoms with E-state index in [1.54, 1.807) is 0 Å². The monoisotopic (exact) mass is 308 g/mol. The molecule has 0 aliphatic carbocycles. The van der Waals surface area contributed by atoms with Crippen molar-refractivity contribution in [3.63, 3.8) is 0 Å². The molecule has 0 saturated heterocycles. The van der Waals surface area contributed by atoms with Crippen LogP contribution in [0.1, 0.15) is 18.9 Å². The fourth-order valence-electron chi connectivity index (χ4n) is 2.60. The summed E-state index contributed by atoms with van der Waals surface area (Å²) in [7, 11) is -3.34. The number of aliphatic carboxylic acids is 1. The molecule has 0 bridgehead atoms. The third-order valence-corrected chi connectivity index (χ3v) is 9.49. The van der Waals surface area contributed by atoms with Crippen LogP contribution in [0.3, 0.4) is 0 Å². The Balaban J connectivity index is 3.42. The van der Waals surface area contributed by atoms with Crippen molar-refractivity contribution in [1.82, 2.24) is 0 Å². The smallest absolute Gasteiger partial charge is 0.335 e. The lowest BCUT2D eigenvalue weighted by Crippen LogP contribution is -2.39. The molecule has 0 aromatic heterocycles. The molecule has 1 N–H and O–H groups in total. The van der Waals surface area contributed by atoms with E-state index < -0.39 is 23.3 Å². The molecule has 0 aliphatic heterocycles. The zero-order valence-corrected chi connectivity index (χ0v) is 15.1. The molecule has 0 atom stereocenters. The Morgan fingerprint density at radius 3 is 2.20 bits per heavy atom. The van der Waals surface area contributed by atoms with E-state index in [0.717, 1.165) is 17.2 Å². The third-order valence-electron chi connectivity index (χ3n) is 3.19. The first-order valence-corrected chi connectivity index (χ1v) is 12.7. The van der Waals surface area contributed by atoms with Crippen LogP contribution in [-0.4, -0.2) is 28.4 Å². The summed E-state index contributed by atoms with van der Waals surface area (Å²) in [5.74, 6) is -0.859. The average Bonchev–Trinajstić information content (AvgIpc) is 2.34. The lowest BCUT2D eigenvalue weighted by Gasteiger charge is -2.30. The van der Waals surface area contributed by atoms with E-state index in [2.05, 4.69) is 26.2 Å². The van der Waals surface area contributed by atoms with Crippen molar-refractivity contribution < 1.29 is 14.0 Å². The molecule has 1 aromatic carbocycles. The maximum absolute atomic E-state index is 11.8. The summed E-state index contributed by atoms with van der Waals surface area (Å²) in [4.78, 5) is 11.8. The lowest BCUT2D eigenvalue weighted by atomic mass is 10.1. The van der Waals surface area contributed by atoms with Gasteiger partial charge in [0.05, 0.1) is 5.57 Å². The van der Waals surface area contributed by atoms with Gasteiger partial charge in [-0.2, -0.15) is 0 Å². The highest BCUT2D eigenvalue weighted by atomic mass is 28.4. The predicted octanol–water partition coefficient (Wildman–Crippen LogP) is 3.68. The van der Waals surface area contributed by atoms with Gasteiger partial charge in [0, 0.05) is 0 Å². The van der Waals surface area contributed by atoms with Crippen LogP contribution in [0.5, 0.6) is 0 Å². The Morgan fingerprint density at radius 2 is 1.80 bits per heavy atom. The van der Waals surface area contributed by atoms with Gasteiger partial charge in [0.2, 0.25) is 8.32 Å². The van der Waals surface area contributed by atoms with Crippen molar-refractivity contribution in [2.45, 2.75) is 39.5 Å². The lowest BCUT2D eigenvalue weighted by molar-refractivity contribution is -0.130. The van der Waals surface area contributed by atoms with Gasteiger partial charge in [-0.3, -0.25) is 0 Å². The second kappa shape index (κ2) is 7.01. The molecule has 0 fully saturated rings. The maximum Gasteiger partial charge on any atom is 0.335 e. The fourth-order valence-corrected chi connectivity index (χ4v) is 9.58. The first-order valence-electron chi connectivity index (χ1n) is 6.99. The number of allylic oxidation sites excluding steroid dienone is 1. The van der Waals surface area contributed by atoms with E-state index in [1.165, 1.54) is 0 Å². The van der Waals surface area contributed by atoms with Gasteiger partial charge < -0.3 is 9.22 Å². The molecule has 0 spiro atoms. The number of rotatable bonds is 6. The predicted molar refractivity (Wildman–Crippen MR) is 88.7 cm³/mol. The highest BCUT2D eigenvalue weighted by molar-refractivity contribution is 6.85. The Kier molecular flexibility index (Phi) is 5.92. The van der Waals surface area contributed by atoms with Crippen molar-refractivity contribution in [2.24, 2.45) is 0 Å². The molecule has 20 heavy (non-hydrogen) atoms. The summed E-state index contributed by atoms with van der Waals surface area (Å²) in [6.07, 6.45) is 0.719. The van der Waals surface area contributed by atoms with E-state index >= 15 is 0 Å². The maximum atomic E-state index is 11.8. The number of carboxylic acid groups (broad SMARTS) is 1. The molecule has 0 radical (unpaired) electrons. The highest BCUT2D eigenvalue weighted by Gasteiger charge is 2.32. The minimum Gasteiger partial charge on any atom is -0.478 e. The van der Waals surface area contributed by atoms with Crippen molar-refractivity contribution in [1.29, 1.82) is 0 Å². The van der Waals surface area contributed by atoms with Crippen molar-refractivity contribution in [2.75, 3.05) is 0 Å². The number of benzene rings is 1. The van der Waals surface area contributed by atoms with Crippen LogP contribution >= 0.6 is 0 Å². The molecule has 0 saturated carbocycles. The fraction of sp³-hybridized carbons (Fsp3) is 0.400. The Labute approximate surface area is 124 Å². The number of carbonyl (C=O) groups is 1. The normalized spacial score (nSPS) is 13.3. The summed E-state index contributed by atoms with van der Waals surface area (Å²) in [6, 6.07) is 9.36. The van der Waals surface area contributed by atoms with E-state index in [-0.39, 0.29) is 0 Å². The first kappa shape index (κ1) is 16.9. The molecule has 0 unspecified atom stereocenters. The molecule has 5 heteroatoms. The molecule has 0 aliphatic rings. The molecule has 1 rings (SSSR count). The molecule has 110 valence electrons. The summed E-state index contributed by atoms with van der Waals surface area (Å²) in [6.45, 7) is 10.5. The zero-order chi connectivity index (χ0) is 15.3. The van der Waals surface area contributed by atoms with Crippen LogP contribution in [0.4, 0.5) is 0 Å². The van der Waals surface area contributed by atoms with Crippen LogP contribution in [-0.2, 0) is 8.91 Å². The Morgan fingerprint density at radius 1 is 1.25 bits per heavy atom. The van der Waals surface area contributed by atoms with Crippen molar-refractivity contribution >= 4 is 28.9 Å². The molecule has 0 amide bonds. The van der Waals surface area contributed by atoms with Crippen LogP contribution in [0.15, 0.2) is 35.5 Å². The van der Waals surface area contributed by atoms with Crippen LogP contribution in [0.2, 0.25) is 26.2 Å². The number of hydrogen-bond acceptors (Lipinski definition) is 2. The van der Waals surface area contributed by atoms with Gasteiger partial charge in [0.15, 0.2) is 9.04 Å². The highest BCUT2D eigenvalue weighted by Crippen LogP contribution is 2.29. The first-order chi connectivity index (χ1) is 9.29. The van der Waals surface area contributed by atoms with E-state index in [1.807, 2.05) is 37.3 Å². The second-order valence-corrected chi connectivity index (χ2v) is 12.2. The van der Waals surface area contributed by atoms with Crippen LogP contribution in [0, 0.1) is 0 Å². The number of hydrogen-bond donors (Lipinski definition) is 1. The topological polar surface area (TPSA) is 46.5 Å². The minimum absolute atomic E-state index is 0.430. The number of carboxylic acids is 1. The summed E-state index contributed by atoms with van der Waals surface area (Å²) in [5.41, 5.74) is 1.20. The standard InChI is InChI=1S/C15H24O3Si2/c1-6-13(20(4,5)18-19(2)3)14(15(16)17)12-10-8-7-9-11-12/h7-11,19H,6H2,1-5H3,(H,16,17)/b14-13-. The van der Waals surface area contributed by atoms with Crippen molar-refractivity contribution in [3.8, 4) is 0 Å². The molecule has 3 nitrogen and oxygen atoms in total. The Bertz CT molecular complexity index is 493. The summed E-state index contributed by atoms with van der Waals surface area (Å²) < 4.78 is 6.20. The van der Waals surface area contributed by atoms with Gasteiger partial charge in [-0.25, -0.2) is 4.79 Å². The second-order valence-electron chi connectivity index (χ2n) is 5.56. The van der Waals surface area contributed by atoms with E-state index in [0.29, 0.717) is 5.57 Å². The third kappa shape index (κ3) is 4.16. The van der Waals surface area contributed by atoms with Gasteiger partial charge in [0.1, 0.15) is 0 Å². The SMILES string of the molecule is CC/C(=C(/C(=O)O)c1ccccc1)[Si](C)(C)O[SiH](C)C. The van der Waals surface area contributed by atoms with Gasteiger partial charge in [-0.15, -0.1) is 0 Å². The molecule has 0 heterocycles. The van der Waals surface area contributed by atoms with Gasteiger partial charge in [-0.05, 0) is 43.4 Å². The van der Waals surface area contributed by atoms with E-state index in [4.69, 9.17) is 4.12 Å². The summed E-state index contributed by atoms with van der Waals surface area (Å²) >= 11 is 0. The van der Waals surface area contributed by atoms with Gasteiger partial charge >= 0.3 is 5.97 Å².